The lowest BCUT2D eigenvalue weighted by Crippen LogP contribution is -2.05. The molecule has 0 saturated heterocycles. The number of fused-ring (bicyclic) bond motifs is 1. The molecule has 3 nitrogen and oxygen atoms in total. The van der Waals surface area contributed by atoms with E-state index < -0.39 is 17.4 Å². The Hall–Kier alpha value is -2.76. The number of aromatic hydroxyl groups is 1. The third-order valence-corrected chi connectivity index (χ3v) is 3.55. The van der Waals surface area contributed by atoms with Gasteiger partial charge in [-0.3, -0.25) is 0 Å². The molecule has 1 N–H and O–H groups in total. The number of phenols is 1. The predicted octanol–water partition coefficient (Wildman–Crippen LogP) is 4.49. The van der Waals surface area contributed by atoms with E-state index in [4.69, 9.17) is 4.42 Å². The summed E-state index contributed by atoms with van der Waals surface area (Å²) in [6, 6.07) is 8.92. The van der Waals surface area contributed by atoms with E-state index in [9.17, 15) is 23.1 Å². The third-order valence-electron chi connectivity index (χ3n) is 3.55. The Morgan fingerprint density at radius 2 is 1.83 bits per heavy atom. The van der Waals surface area contributed by atoms with Crippen LogP contribution in [0.15, 0.2) is 51.7 Å². The van der Waals surface area contributed by atoms with Gasteiger partial charge in [-0.2, -0.15) is 13.2 Å². The molecular weight excluding hydrogens is 309 g/mol. The summed E-state index contributed by atoms with van der Waals surface area (Å²) in [4.78, 5) is 12.0. The first-order chi connectivity index (χ1) is 10.8. The Morgan fingerprint density at radius 1 is 1.09 bits per heavy atom. The Kier molecular flexibility index (Phi) is 3.39. The maximum atomic E-state index is 12.8. The summed E-state index contributed by atoms with van der Waals surface area (Å²) in [7, 11) is 0. The smallest absolute Gasteiger partial charge is 0.416 e. The standard InChI is InChI=1S/C17H11F3O3/c1-9-5-11-7-15(23-16(22)13(11)8-14(9)21)10-3-2-4-12(6-10)17(18,19)20/h2-8,21H,1H3. The molecule has 23 heavy (non-hydrogen) atoms. The van der Waals surface area contributed by atoms with Crippen LogP contribution < -0.4 is 5.63 Å². The first-order valence-electron chi connectivity index (χ1n) is 6.71. The predicted molar refractivity (Wildman–Crippen MR) is 79.3 cm³/mol. The van der Waals surface area contributed by atoms with Crippen LogP contribution in [-0.4, -0.2) is 5.11 Å². The van der Waals surface area contributed by atoms with Gasteiger partial charge in [-0.15, -0.1) is 0 Å². The van der Waals surface area contributed by atoms with Crippen molar-refractivity contribution in [2.24, 2.45) is 0 Å². The molecule has 3 rings (SSSR count). The fourth-order valence-electron chi connectivity index (χ4n) is 2.33. The van der Waals surface area contributed by atoms with Crippen molar-refractivity contribution in [1.29, 1.82) is 0 Å². The van der Waals surface area contributed by atoms with Crippen molar-refractivity contribution in [2.75, 3.05) is 0 Å². The molecule has 6 heteroatoms. The fraction of sp³-hybridized carbons (Fsp3) is 0.118. The van der Waals surface area contributed by atoms with Gasteiger partial charge in [-0.1, -0.05) is 12.1 Å². The van der Waals surface area contributed by atoms with Crippen LogP contribution in [0.3, 0.4) is 0 Å². The molecule has 1 aromatic heterocycles. The summed E-state index contributed by atoms with van der Waals surface area (Å²) in [6.07, 6.45) is -4.48. The van der Waals surface area contributed by atoms with Crippen LogP contribution in [0.1, 0.15) is 11.1 Å². The Labute approximate surface area is 128 Å². The monoisotopic (exact) mass is 320 g/mol. The minimum atomic E-state index is -4.48. The van der Waals surface area contributed by atoms with Gasteiger partial charge in [0.1, 0.15) is 11.5 Å². The molecule has 0 radical (unpaired) electrons. The second-order valence-electron chi connectivity index (χ2n) is 5.20. The highest BCUT2D eigenvalue weighted by atomic mass is 19.4. The van der Waals surface area contributed by atoms with Gasteiger partial charge in [0, 0.05) is 5.56 Å². The molecule has 0 aliphatic heterocycles. The maximum absolute atomic E-state index is 12.8. The summed E-state index contributed by atoms with van der Waals surface area (Å²) in [6.45, 7) is 1.66. The summed E-state index contributed by atoms with van der Waals surface area (Å²) < 4.78 is 43.5. The van der Waals surface area contributed by atoms with E-state index >= 15 is 0 Å². The molecule has 0 bridgehead atoms. The summed E-state index contributed by atoms with van der Waals surface area (Å²) in [5.41, 5.74) is -0.826. The number of halogens is 3. The van der Waals surface area contributed by atoms with Gasteiger partial charge >= 0.3 is 11.8 Å². The number of alkyl halides is 3. The van der Waals surface area contributed by atoms with Crippen LogP contribution in [0.4, 0.5) is 13.2 Å². The molecule has 0 spiro atoms. The average molecular weight is 320 g/mol. The number of aryl methyl sites for hydroxylation is 1. The largest absolute Gasteiger partial charge is 0.508 e. The van der Waals surface area contributed by atoms with E-state index in [0.29, 0.717) is 10.9 Å². The van der Waals surface area contributed by atoms with Crippen LogP contribution in [-0.2, 0) is 6.18 Å². The maximum Gasteiger partial charge on any atom is 0.416 e. The molecule has 118 valence electrons. The number of hydrogen-bond donors (Lipinski definition) is 1. The van der Waals surface area contributed by atoms with Crippen LogP contribution in [0.2, 0.25) is 0 Å². The van der Waals surface area contributed by atoms with Gasteiger partial charge in [-0.05, 0) is 48.2 Å². The normalized spacial score (nSPS) is 11.8. The molecule has 0 aliphatic carbocycles. The second kappa shape index (κ2) is 5.15. The molecule has 3 aromatic rings. The van der Waals surface area contributed by atoms with Gasteiger partial charge < -0.3 is 9.52 Å². The van der Waals surface area contributed by atoms with Crippen LogP contribution in [0.5, 0.6) is 5.75 Å². The summed E-state index contributed by atoms with van der Waals surface area (Å²) in [5, 5.41) is 10.3. The van der Waals surface area contributed by atoms with E-state index in [-0.39, 0.29) is 22.5 Å². The summed E-state index contributed by atoms with van der Waals surface area (Å²) >= 11 is 0. The zero-order valence-electron chi connectivity index (χ0n) is 11.9. The lowest BCUT2D eigenvalue weighted by Gasteiger charge is -2.09. The highest BCUT2D eigenvalue weighted by Gasteiger charge is 2.30. The summed E-state index contributed by atoms with van der Waals surface area (Å²) in [5.74, 6) is -0.00434. The van der Waals surface area contributed by atoms with E-state index in [2.05, 4.69) is 0 Å². The molecule has 0 unspecified atom stereocenters. The topological polar surface area (TPSA) is 50.4 Å². The Bertz CT molecular complexity index is 955. The number of phenolic OH excluding ortho intramolecular Hbond substituents is 1. The first kappa shape index (κ1) is 15.1. The van der Waals surface area contributed by atoms with Gasteiger partial charge in [0.2, 0.25) is 0 Å². The number of hydrogen-bond acceptors (Lipinski definition) is 3. The quantitative estimate of drug-likeness (QED) is 0.718. The van der Waals surface area contributed by atoms with Gasteiger partial charge in [0.05, 0.1) is 10.9 Å². The number of rotatable bonds is 1. The minimum absolute atomic E-state index is 0.0405. The highest BCUT2D eigenvalue weighted by molar-refractivity contribution is 5.86. The van der Waals surface area contributed by atoms with Gasteiger partial charge in [-0.25, -0.2) is 4.79 Å². The van der Waals surface area contributed by atoms with Crippen LogP contribution in [0, 0.1) is 6.92 Å². The first-order valence-corrected chi connectivity index (χ1v) is 6.71. The van der Waals surface area contributed by atoms with Crippen LogP contribution >= 0.6 is 0 Å². The van der Waals surface area contributed by atoms with Crippen molar-refractivity contribution in [2.45, 2.75) is 13.1 Å². The fourth-order valence-corrected chi connectivity index (χ4v) is 2.33. The SMILES string of the molecule is Cc1cc2cc(-c3cccc(C(F)(F)F)c3)oc(=O)c2cc1O. The van der Waals surface area contributed by atoms with Crippen molar-refractivity contribution in [3.63, 3.8) is 0 Å². The Balaban J connectivity index is 2.22. The van der Waals surface area contributed by atoms with Crippen molar-refractivity contribution < 1.29 is 22.7 Å². The van der Waals surface area contributed by atoms with E-state index in [1.165, 1.54) is 24.3 Å². The lowest BCUT2D eigenvalue weighted by molar-refractivity contribution is -0.137. The van der Waals surface area contributed by atoms with Gasteiger partial charge in [0.25, 0.3) is 0 Å². The Morgan fingerprint density at radius 3 is 2.52 bits per heavy atom. The molecule has 0 saturated carbocycles. The molecule has 0 atom stereocenters. The van der Waals surface area contributed by atoms with Gasteiger partial charge in [0.15, 0.2) is 0 Å². The molecule has 0 aliphatic rings. The van der Waals surface area contributed by atoms with Crippen LogP contribution in [0.25, 0.3) is 22.1 Å². The van der Waals surface area contributed by atoms with Crippen molar-refractivity contribution in [3.8, 4) is 17.1 Å². The van der Waals surface area contributed by atoms with E-state index in [0.717, 1.165) is 12.1 Å². The van der Waals surface area contributed by atoms with E-state index in [1.807, 2.05) is 0 Å². The van der Waals surface area contributed by atoms with Crippen molar-refractivity contribution >= 4 is 10.8 Å². The minimum Gasteiger partial charge on any atom is -0.508 e. The average Bonchev–Trinajstić information content (AvgIpc) is 2.48. The second-order valence-corrected chi connectivity index (χ2v) is 5.20. The molecule has 0 fully saturated rings. The highest BCUT2D eigenvalue weighted by Crippen LogP contribution is 2.33. The lowest BCUT2D eigenvalue weighted by atomic mass is 10.0. The number of benzene rings is 2. The van der Waals surface area contributed by atoms with Crippen molar-refractivity contribution in [3.05, 3.63) is 64.0 Å². The van der Waals surface area contributed by atoms with E-state index in [1.54, 1.807) is 13.0 Å². The van der Waals surface area contributed by atoms with Crippen molar-refractivity contribution in [1.82, 2.24) is 0 Å². The zero-order valence-corrected chi connectivity index (χ0v) is 11.9. The zero-order chi connectivity index (χ0) is 16.8. The third kappa shape index (κ3) is 2.79. The molecule has 2 aromatic carbocycles. The molecular formula is C17H11F3O3. The molecule has 1 heterocycles. The molecule has 0 amide bonds.